The third kappa shape index (κ3) is 1.39. The Labute approximate surface area is 59.1 Å². The molecule has 0 saturated carbocycles. The van der Waals surface area contributed by atoms with Crippen LogP contribution in [0.3, 0.4) is 0 Å². The molecule has 0 aromatic carbocycles. The topological polar surface area (TPSA) is 12.9 Å². The van der Waals surface area contributed by atoms with Gasteiger partial charge in [0, 0.05) is 11.1 Å². The third-order valence-corrected chi connectivity index (χ3v) is 2.11. The molecular formula is C7H9NS. The van der Waals surface area contributed by atoms with Crippen LogP contribution in [0.25, 0.3) is 5.57 Å². The molecule has 0 aliphatic heterocycles. The zero-order chi connectivity index (χ0) is 6.85. The van der Waals surface area contributed by atoms with E-state index in [1.54, 1.807) is 11.3 Å². The van der Waals surface area contributed by atoms with Gasteiger partial charge in [0.25, 0.3) is 0 Å². The number of aromatic nitrogens is 1. The molecule has 0 spiro atoms. The summed E-state index contributed by atoms with van der Waals surface area (Å²) < 4.78 is 0. The molecule has 0 N–H and O–H groups in total. The Kier molecular flexibility index (Phi) is 1.67. The highest BCUT2D eigenvalue weighted by molar-refractivity contribution is 7.10. The van der Waals surface area contributed by atoms with Crippen LogP contribution < -0.4 is 0 Å². The van der Waals surface area contributed by atoms with Gasteiger partial charge >= 0.3 is 0 Å². The van der Waals surface area contributed by atoms with E-state index in [0.29, 0.717) is 0 Å². The number of aryl methyl sites for hydroxylation is 1. The van der Waals surface area contributed by atoms with Crippen molar-refractivity contribution in [2.75, 3.05) is 0 Å². The van der Waals surface area contributed by atoms with Crippen molar-refractivity contribution >= 4 is 16.9 Å². The molecule has 1 heterocycles. The molecule has 9 heavy (non-hydrogen) atoms. The monoisotopic (exact) mass is 139 g/mol. The van der Waals surface area contributed by atoms with E-state index in [2.05, 4.69) is 11.6 Å². The maximum Gasteiger partial charge on any atom is 0.118 e. The average Bonchev–Trinajstić information content (AvgIpc) is 2.14. The number of allylic oxidation sites excluding steroid dienone is 1. The Bertz CT molecular complexity index is 225. The summed E-state index contributed by atoms with van der Waals surface area (Å²) in [5, 5.41) is 3.08. The predicted octanol–water partition coefficient (Wildman–Crippen LogP) is 2.48. The fourth-order valence-corrected chi connectivity index (χ4v) is 1.28. The number of nitrogens with zero attached hydrogens (tertiary/aromatic N) is 1. The van der Waals surface area contributed by atoms with Crippen LogP contribution in [-0.4, -0.2) is 4.98 Å². The first-order valence-corrected chi connectivity index (χ1v) is 3.66. The van der Waals surface area contributed by atoms with E-state index in [1.807, 2.05) is 19.2 Å². The SMILES string of the molecule is C=C(C)c1nc(C)cs1. The van der Waals surface area contributed by atoms with Gasteiger partial charge in [-0.05, 0) is 19.4 Å². The molecule has 0 unspecified atom stereocenters. The second-order valence-electron chi connectivity index (χ2n) is 2.07. The summed E-state index contributed by atoms with van der Waals surface area (Å²) in [6.45, 7) is 7.75. The molecule has 0 fully saturated rings. The molecule has 1 rings (SSSR count). The molecule has 2 heteroatoms. The summed E-state index contributed by atoms with van der Waals surface area (Å²) in [5.74, 6) is 0. The lowest BCUT2D eigenvalue weighted by Crippen LogP contribution is -1.74. The van der Waals surface area contributed by atoms with Gasteiger partial charge in [0.15, 0.2) is 0 Å². The molecule has 0 bridgehead atoms. The Hall–Kier alpha value is -0.630. The van der Waals surface area contributed by atoms with Crippen LogP contribution in [-0.2, 0) is 0 Å². The summed E-state index contributed by atoms with van der Waals surface area (Å²) in [7, 11) is 0. The normalized spacial score (nSPS) is 9.56. The average molecular weight is 139 g/mol. The number of hydrogen-bond donors (Lipinski definition) is 0. The largest absolute Gasteiger partial charge is 0.242 e. The number of rotatable bonds is 1. The van der Waals surface area contributed by atoms with Gasteiger partial charge in [-0.3, -0.25) is 0 Å². The predicted molar refractivity (Wildman–Crippen MR) is 41.6 cm³/mol. The molecule has 0 aliphatic carbocycles. The molecule has 0 amide bonds. The van der Waals surface area contributed by atoms with E-state index in [0.717, 1.165) is 16.3 Å². The van der Waals surface area contributed by atoms with Crippen LogP contribution in [0, 0.1) is 6.92 Å². The molecule has 0 aliphatic rings. The molecule has 1 aromatic rings. The van der Waals surface area contributed by atoms with Gasteiger partial charge in [-0.25, -0.2) is 4.98 Å². The second kappa shape index (κ2) is 2.31. The Morgan fingerprint density at radius 3 is 2.67 bits per heavy atom. The fraction of sp³-hybridized carbons (Fsp3) is 0.286. The smallest absolute Gasteiger partial charge is 0.118 e. The lowest BCUT2D eigenvalue weighted by Gasteiger charge is -1.86. The quantitative estimate of drug-likeness (QED) is 0.582. The van der Waals surface area contributed by atoms with E-state index in [9.17, 15) is 0 Å². The minimum Gasteiger partial charge on any atom is -0.242 e. The van der Waals surface area contributed by atoms with E-state index < -0.39 is 0 Å². The van der Waals surface area contributed by atoms with E-state index in [4.69, 9.17) is 0 Å². The van der Waals surface area contributed by atoms with Crippen LogP contribution in [0.5, 0.6) is 0 Å². The molecule has 0 radical (unpaired) electrons. The van der Waals surface area contributed by atoms with Crippen molar-refractivity contribution in [3.63, 3.8) is 0 Å². The van der Waals surface area contributed by atoms with Gasteiger partial charge in [-0.15, -0.1) is 11.3 Å². The first-order valence-electron chi connectivity index (χ1n) is 2.78. The van der Waals surface area contributed by atoms with Gasteiger partial charge in [0.1, 0.15) is 5.01 Å². The van der Waals surface area contributed by atoms with Crippen molar-refractivity contribution in [3.05, 3.63) is 22.7 Å². The highest BCUT2D eigenvalue weighted by atomic mass is 32.1. The fourth-order valence-electron chi connectivity index (χ4n) is 0.550. The molecule has 0 atom stereocenters. The Balaban J connectivity index is 2.98. The van der Waals surface area contributed by atoms with Crippen LogP contribution in [0.2, 0.25) is 0 Å². The zero-order valence-electron chi connectivity index (χ0n) is 5.64. The summed E-state index contributed by atoms with van der Waals surface area (Å²) in [5.41, 5.74) is 2.13. The van der Waals surface area contributed by atoms with Gasteiger partial charge in [0.05, 0.1) is 0 Å². The Morgan fingerprint density at radius 1 is 1.78 bits per heavy atom. The van der Waals surface area contributed by atoms with Crippen molar-refractivity contribution in [1.82, 2.24) is 4.98 Å². The minimum absolute atomic E-state index is 1.05. The maximum atomic E-state index is 4.23. The van der Waals surface area contributed by atoms with E-state index in [-0.39, 0.29) is 0 Å². The summed E-state index contributed by atoms with van der Waals surface area (Å²) in [6.07, 6.45) is 0. The maximum absolute atomic E-state index is 4.23. The van der Waals surface area contributed by atoms with Crippen molar-refractivity contribution in [2.45, 2.75) is 13.8 Å². The number of hydrogen-bond acceptors (Lipinski definition) is 2. The zero-order valence-corrected chi connectivity index (χ0v) is 6.46. The Morgan fingerprint density at radius 2 is 2.44 bits per heavy atom. The third-order valence-electron chi connectivity index (χ3n) is 0.984. The minimum atomic E-state index is 1.05. The van der Waals surface area contributed by atoms with Gasteiger partial charge in [-0.1, -0.05) is 6.58 Å². The standard InChI is InChI=1S/C7H9NS/c1-5(2)7-8-6(3)4-9-7/h4H,1H2,2-3H3. The van der Waals surface area contributed by atoms with Crippen LogP contribution in [0.15, 0.2) is 12.0 Å². The molecule has 1 nitrogen and oxygen atoms in total. The van der Waals surface area contributed by atoms with Gasteiger partial charge < -0.3 is 0 Å². The van der Waals surface area contributed by atoms with E-state index in [1.165, 1.54) is 0 Å². The van der Waals surface area contributed by atoms with Crippen LogP contribution in [0.1, 0.15) is 17.6 Å². The van der Waals surface area contributed by atoms with Crippen molar-refractivity contribution in [2.24, 2.45) is 0 Å². The van der Waals surface area contributed by atoms with Gasteiger partial charge in [-0.2, -0.15) is 0 Å². The first kappa shape index (κ1) is 6.49. The summed E-state index contributed by atoms with van der Waals surface area (Å²) in [4.78, 5) is 4.23. The summed E-state index contributed by atoms with van der Waals surface area (Å²) >= 11 is 1.65. The van der Waals surface area contributed by atoms with Crippen molar-refractivity contribution < 1.29 is 0 Å². The molecule has 0 saturated heterocycles. The van der Waals surface area contributed by atoms with E-state index >= 15 is 0 Å². The van der Waals surface area contributed by atoms with Crippen molar-refractivity contribution in [3.8, 4) is 0 Å². The highest BCUT2D eigenvalue weighted by Gasteiger charge is 1.95. The molecule has 1 aromatic heterocycles. The second-order valence-corrected chi connectivity index (χ2v) is 2.93. The first-order chi connectivity index (χ1) is 4.20. The lowest BCUT2D eigenvalue weighted by molar-refractivity contribution is 1.24. The lowest BCUT2D eigenvalue weighted by atomic mass is 10.4. The molecular weight excluding hydrogens is 130 g/mol. The van der Waals surface area contributed by atoms with Crippen LogP contribution in [0.4, 0.5) is 0 Å². The number of thiazole rings is 1. The summed E-state index contributed by atoms with van der Waals surface area (Å²) in [6, 6.07) is 0. The van der Waals surface area contributed by atoms with Crippen LogP contribution >= 0.6 is 11.3 Å². The highest BCUT2D eigenvalue weighted by Crippen LogP contribution is 2.15. The van der Waals surface area contributed by atoms with Crippen molar-refractivity contribution in [1.29, 1.82) is 0 Å². The molecule has 48 valence electrons. The van der Waals surface area contributed by atoms with Gasteiger partial charge in [0.2, 0.25) is 0 Å².